The molecule has 2 rings (SSSR count). The number of β-amino-alcohol motifs (C(OH)–C–C–N with tert-alkyl or cyclic N) is 1. The van der Waals surface area contributed by atoms with E-state index in [0.29, 0.717) is 13.1 Å². The van der Waals surface area contributed by atoms with Crippen molar-refractivity contribution in [1.29, 1.82) is 0 Å². The van der Waals surface area contributed by atoms with Crippen molar-refractivity contribution in [3.8, 4) is 0 Å². The smallest absolute Gasteiger partial charge is 0.410 e. The summed E-state index contributed by atoms with van der Waals surface area (Å²) in [6.07, 6.45) is -0.133. The van der Waals surface area contributed by atoms with Gasteiger partial charge in [0.15, 0.2) is 0 Å². The summed E-state index contributed by atoms with van der Waals surface area (Å²) in [5.41, 5.74) is 0.627. The molecular formula is C16H23NO3. The Kier molecular flexibility index (Phi) is 4.33. The Morgan fingerprint density at radius 2 is 1.95 bits per heavy atom. The minimum atomic E-state index is -0.543. The van der Waals surface area contributed by atoms with Crippen LogP contribution >= 0.6 is 0 Å². The van der Waals surface area contributed by atoms with Crippen LogP contribution in [0.25, 0.3) is 0 Å². The average Bonchev–Trinajstić information content (AvgIpc) is 2.37. The van der Waals surface area contributed by atoms with Crippen molar-refractivity contribution in [3.05, 3.63) is 35.9 Å². The second kappa shape index (κ2) is 5.83. The van der Waals surface area contributed by atoms with Crippen LogP contribution in [-0.4, -0.2) is 40.9 Å². The number of aliphatic hydroxyl groups excluding tert-OH is 1. The van der Waals surface area contributed by atoms with Crippen LogP contribution in [0.4, 0.5) is 4.79 Å². The fourth-order valence-electron chi connectivity index (χ4n) is 2.51. The minimum absolute atomic E-state index is 0.0925. The van der Waals surface area contributed by atoms with Gasteiger partial charge in [-0.05, 0) is 32.8 Å². The molecule has 1 aromatic rings. The maximum absolute atomic E-state index is 12.0. The number of benzene rings is 1. The maximum atomic E-state index is 12.0. The van der Waals surface area contributed by atoms with E-state index in [-0.39, 0.29) is 12.0 Å². The van der Waals surface area contributed by atoms with Gasteiger partial charge in [-0.25, -0.2) is 4.79 Å². The van der Waals surface area contributed by atoms with E-state index in [9.17, 15) is 9.90 Å². The first kappa shape index (κ1) is 14.9. The summed E-state index contributed by atoms with van der Waals surface area (Å²) in [5.74, 6) is 0.0925. The molecule has 20 heavy (non-hydrogen) atoms. The van der Waals surface area contributed by atoms with E-state index < -0.39 is 11.7 Å². The number of piperidine rings is 1. The van der Waals surface area contributed by atoms with Crippen molar-refractivity contribution in [2.45, 2.75) is 44.8 Å². The fourth-order valence-corrected chi connectivity index (χ4v) is 2.51. The number of nitrogens with zero attached hydrogens (tertiary/aromatic N) is 1. The molecule has 0 spiro atoms. The normalized spacial score (nSPS) is 23.5. The van der Waals surface area contributed by atoms with Gasteiger partial charge in [0.05, 0.1) is 12.6 Å². The fraction of sp³-hybridized carbons (Fsp3) is 0.562. The van der Waals surface area contributed by atoms with Crippen molar-refractivity contribution in [1.82, 2.24) is 4.90 Å². The SMILES string of the molecule is CC(C)(C)OC(=O)N1CCC(c2ccccc2)[C@H](O)C1. The molecule has 0 bridgehead atoms. The average molecular weight is 277 g/mol. The predicted molar refractivity (Wildman–Crippen MR) is 77.6 cm³/mol. The number of likely N-dealkylation sites (tertiary alicyclic amines) is 1. The van der Waals surface area contributed by atoms with Crippen molar-refractivity contribution in [2.24, 2.45) is 0 Å². The molecule has 4 nitrogen and oxygen atoms in total. The first-order valence-corrected chi connectivity index (χ1v) is 7.08. The molecule has 1 N–H and O–H groups in total. The quantitative estimate of drug-likeness (QED) is 0.858. The lowest BCUT2D eigenvalue weighted by molar-refractivity contribution is -0.00151. The van der Waals surface area contributed by atoms with Gasteiger partial charge in [-0.15, -0.1) is 0 Å². The molecule has 1 fully saturated rings. The van der Waals surface area contributed by atoms with Gasteiger partial charge in [0.25, 0.3) is 0 Å². The van der Waals surface area contributed by atoms with Crippen LogP contribution in [0.15, 0.2) is 30.3 Å². The van der Waals surface area contributed by atoms with E-state index in [0.717, 1.165) is 12.0 Å². The number of carbonyl (C=O) groups is 1. The molecule has 110 valence electrons. The summed E-state index contributed by atoms with van der Waals surface area (Å²) < 4.78 is 5.34. The van der Waals surface area contributed by atoms with Crippen molar-refractivity contribution in [2.75, 3.05) is 13.1 Å². The first-order valence-electron chi connectivity index (χ1n) is 7.08. The van der Waals surface area contributed by atoms with Crippen LogP contribution in [0, 0.1) is 0 Å². The van der Waals surface area contributed by atoms with Gasteiger partial charge in [0.2, 0.25) is 0 Å². The van der Waals surface area contributed by atoms with E-state index in [1.54, 1.807) is 4.90 Å². The molecule has 1 aliphatic heterocycles. The molecule has 1 aromatic carbocycles. The van der Waals surface area contributed by atoms with Gasteiger partial charge in [0, 0.05) is 12.5 Å². The minimum Gasteiger partial charge on any atom is -0.444 e. The topological polar surface area (TPSA) is 49.8 Å². The molecule has 2 atom stereocenters. The van der Waals surface area contributed by atoms with Crippen LogP contribution in [0.5, 0.6) is 0 Å². The molecule has 4 heteroatoms. The zero-order valence-electron chi connectivity index (χ0n) is 12.4. The number of rotatable bonds is 1. The van der Waals surface area contributed by atoms with Crippen molar-refractivity contribution < 1.29 is 14.6 Å². The summed E-state index contributed by atoms with van der Waals surface area (Å²) in [6.45, 7) is 6.48. The summed E-state index contributed by atoms with van der Waals surface area (Å²) in [4.78, 5) is 13.6. The molecule has 1 unspecified atom stereocenters. The zero-order chi connectivity index (χ0) is 14.8. The van der Waals surface area contributed by atoms with Crippen LogP contribution in [0.1, 0.15) is 38.7 Å². The van der Waals surface area contributed by atoms with Gasteiger partial charge >= 0.3 is 6.09 Å². The second-order valence-corrected chi connectivity index (χ2v) is 6.30. The van der Waals surface area contributed by atoms with Gasteiger partial charge in [0.1, 0.15) is 5.60 Å². The van der Waals surface area contributed by atoms with E-state index >= 15 is 0 Å². The number of carbonyl (C=O) groups excluding carboxylic acids is 1. The van der Waals surface area contributed by atoms with Crippen molar-refractivity contribution >= 4 is 6.09 Å². The van der Waals surface area contributed by atoms with Gasteiger partial charge in [-0.2, -0.15) is 0 Å². The highest BCUT2D eigenvalue weighted by Crippen LogP contribution is 2.28. The number of amides is 1. The van der Waals surface area contributed by atoms with E-state index in [1.807, 2.05) is 51.1 Å². The molecule has 1 saturated heterocycles. The lowest BCUT2D eigenvalue weighted by Gasteiger charge is -2.36. The molecule has 0 saturated carbocycles. The summed E-state index contributed by atoms with van der Waals surface area (Å²) in [7, 11) is 0. The molecule has 1 aliphatic rings. The Morgan fingerprint density at radius 3 is 2.50 bits per heavy atom. The lowest BCUT2D eigenvalue weighted by atomic mass is 9.87. The Labute approximate surface area is 120 Å². The standard InChI is InChI=1S/C16H23NO3/c1-16(2,3)20-15(19)17-10-9-13(14(18)11-17)12-7-5-4-6-8-12/h4-8,13-14,18H,9-11H2,1-3H3/t13?,14-/m1/s1. The van der Waals surface area contributed by atoms with E-state index in [2.05, 4.69) is 0 Å². The van der Waals surface area contributed by atoms with Crippen LogP contribution in [0.2, 0.25) is 0 Å². The zero-order valence-corrected chi connectivity index (χ0v) is 12.4. The third kappa shape index (κ3) is 3.73. The second-order valence-electron chi connectivity index (χ2n) is 6.30. The third-order valence-corrected chi connectivity index (χ3v) is 3.46. The van der Waals surface area contributed by atoms with Crippen LogP contribution in [0.3, 0.4) is 0 Å². The molecule has 0 aliphatic carbocycles. The summed E-state index contributed by atoms with van der Waals surface area (Å²) in [5, 5.41) is 10.3. The number of hydrogen-bond acceptors (Lipinski definition) is 3. The molecular weight excluding hydrogens is 254 g/mol. The highest BCUT2D eigenvalue weighted by Gasteiger charge is 2.33. The number of hydrogen-bond donors (Lipinski definition) is 1. The van der Waals surface area contributed by atoms with E-state index in [4.69, 9.17) is 4.74 Å². The maximum Gasteiger partial charge on any atom is 0.410 e. The lowest BCUT2D eigenvalue weighted by Crippen LogP contribution is -2.47. The summed E-state index contributed by atoms with van der Waals surface area (Å²) in [6, 6.07) is 9.96. The first-order chi connectivity index (χ1) is 9.37. The monoisotopic (exact) mass is 277 g/mol. The number of aliphatic hydroxyl groups is 1. The van der Waals surface area contributed by atoms with Crippen LogP contribution < -0.4 is 0 Å². The molecule has 0 radical (unpaired) electrons. The van der Waals surface area contributed by atoms with Gasteiger partial charge in [-0.1, -0.05) is 30.3 Å². The third-order valence-electron chi connectivity index (χ3n) is 3.46. The Morgan fingerprint density at radius 1 is 1.30 bits per heavy atom. The number of ether oxygens (including phenoxy) is 1. The Bertz CT molecular complexity index is 453. The van der Waals surface area contributed by atoms with Gasteiger partial charge in [-0.3, -0.25) is 0 Å². The van der Waals surface area contributed by atoms with E-state index in [1.165, 1.54) is 0 Å². The van der Waals surface area contributed by atoms with Crippen molar-refractivity contribution in [3.63, 3.8) is 0 Å². The largest absolute Gasteiger partial charge is 0.444 e. The molecule has 1 heterocycles. The van der Waals surface area contributed by atoms with Crippen LogP contribution in [-0.2, 0) is 4.74 Å². The Hall–Kier alpha value is -1.55. The van der Waals surface area contributed by atoms with Gasteiger partial charge < -0.3 is 14.7 Å². The summed E-state index contributed by atoms with van der Waals surface area (Å²) >= 11 is 0. The molecule has 0 aromatic heterocycles. The molecule has 1 amide bonds. The predicted octanol–water partition coefficient (Wildman–Crippen LogP) is 2.77. The Balaban J connectivity index is 1.97. The highest BCUT2D eigenvalue weighted by molar-refractivity contribution is 5.68. The highest BCUT2D eigenvalue weighted by atomic mass is 16.6.